The summed E-state index contributed by atoms with van der Waals surface area (Å²) < 4.78 is 15.9. The second-order valence-corrected chi connectivity index (χ2v) is 6.04. The van der Waals surface area contributed by atoms with E-state index in [1.54, 1.807) is 28.1 Å². The Morgan fingerprint density at radius 1 is 1.29 bits per heavy atom. The minimum atomic E-state index is -0.0180. The first kappa shape index (κ1) is 16.4. The zero-order valence-electron chi connectivity index (χ0n) is 14.5. The van der Waals surface area contributed by atoms with Crippen LogP contribution >= 0.6 is 0 Å². The predicted octanol–water partition coefficient (Wildman–Crippen LogP) is 2.94. The molecule has 0 unspecified atom stereocenters. The normalized spacial score (nSPS) is 17.2. The number of amides is 1. The lowest BCUT2D eigenvalue weighted by Crippen LogP contribution is -2.29. The van der Waals surface area contributed by atoms with Gasteiger partial charge in [0.15, 0.2) is 0 Å². The van der Waals surface area contributed by atoms with Crippen molar-refractivity contribution in [3.05, 3.63) is 40.8 Å². The molecule has 1 aromatic carbocycles. The lowest BCUT2D eigenvalue weighted by molar-refractivity contribution is 0.0788. The van der Waals surface area contributed by atoms with Gasteiger partial charge in [0.2, 0.25) is 0 Å². The van der Waals surface area contributed by atoms with Crippen LogP contribution in [0.5, 0.6) is 11.5 Å². The van der Waals surface area contributed by atoms with E-state index in [9.17, 15) is 4.79 Å². The summed E-state index contributed by atoms with van der Waals surface area (Å²) >= 11 is 0. The van der Waals surface area contributed by atoms with Crippen LogP contribution in [0.15, 0.2) is 22.7 Å². The number of hydrogen-bond acceptors (Lipinski definition) is 5. The summed E-state index contributed by atoms with van der Waals surface area (Å²) in [6.45, 7) is 4.91. The predicted molar refractivity (Wildman–Crippen MR) is 88.8 cm³/mol. The lowest BCUT2D eigenvalue weighted by Gasteiger charge is -2.18. The van der Waals surface area contributed by atoms with Gasteiger partial charge in [-0.2, -0.15) is 0 Å². The van der Waals surface area contributed by atoms with Crippen LogP contribution in [0.1, 0.15) is 39.7 Å². The van der Waals surface area contributed by atoms with Crippen LogP contribution in [0.4, 0.5) is 0 Å². The lowest BCUT2D eigenvalue weighted by atomic mass is 9.97. The van der Waals surface area contributed by atoms with E-state index in [1.165, 1.54) is 0 Å². The molecule has 128 valence electrons. The van der Waals surface area contributed by atoms with Crippen LogP contribution in [-0.4, -0.2) is 43.3 Å². The molecule has 1 aliphatic heterocycles. The summed E-state index contributed by atoms with van der Waals surface area (Å²) in [5.41, 5.74) is 2.29. The van der Waals surface area contributed by atoms with Gasteiger partial charge >= 0.3 is 0 Å². The standard InChI is InChI=1S/C18H22N2O4/c1-11-17(12(2)24-19-11)18(21)20-8-7-13(10-20)15-9-14(22-3)5-6-16(15)23-4/h5-6,9,13H,7-8,10H2,1-4H3/t13-/m0/s1. The third kappa shape index (κ3) is 2.84. The Bertz CT molecular complexity index is 734. The zero-order valence-corrected chi connectivity index (χ0v) is 14.5. The van der Waals surface area contributed by atoms with E-state index in [4.69, 9.17) is 14.0 Å². The Labute approximate surface area is 141 Å². The van der Waals surface area contributed by atoms with Crippen LogP contribution in [0.3, 0.4) is 0 Å². The van der Waals surface area contributed by atoms with Crippen molar-refractivity contribution >= 4 is 5.91 Å². The highest BCUT2D eigenvalue weighted by Gasteiger charge is 2.32. The van der Waals surface area contributed by atoms with Crippen molar-refractivity contribution < 1.29 is 18.8 Å². The van der Waals surface area contributed by atoms with Gasteiger partial charge in [-0.05, 0) is 38.5 Å². The van der Waals surface area contributed by atoms with Crippen LogP contribution < -0.4 is 9.47 Å². The van der Waals surface area contributed by atoms with Gasteiger partial charge in [0.1, 0.15) is 22.8 Å². The van der Waals surface area contributed by atoms with Crippen LogP contribution in [0.2, 0.25) is 0 Å². The molecule has 1 atom stereocenters. The molecule has 6 nitrogen and oxygen atoms in total. The average Bonchev–Trinajstić information content (AvgIpc) is 3.21. The van der Waals surface area contributed by atoms with Gasteiger partial charge in [0.25, 0.3) is 5.91 Å². The summed E-state index contributed by atoms with van der Waals surface area (Å²) in [4.78, 5) is 14.6. The molecule has 1 aromatic heterocycles. The minimum absolute atomic E-state index is 0.0180. The number of hydrogen-bond donors (Lipinski definition) is 0. The first-order chi connectivity index (χ1) is 11.5. The Morgan fingerprint density at radius 2 is 2.08 bits per heavy atom. The second kappa shape index (κ2) is 6.55. The van der Waals surface area contributed by atoms with Crippen LogP contribution in [0.25, 0.3) is 0 Å². The van der Waals surface area contributed by atoms with Crippen molar-refractivity contribution in [2.24, 2.45) is 0 Å². The highest BCUT2D eigenvalue weighted by molar-refractivity contribution is 5.96. The molecule has 1 saturated heterocycles. The van der Waals surface area contributed by atoms with E-state index in [-0.39, 0.29) is 11.8 Å². The molecule has 2 heterocycles. The number of ether oxygens (including phenoxy) is 2. The van der Waals surface area contributed by atoms with Crippen molar-refractivity contribution in [3.8, 4) is 11.5 Å². The molecule has 2 aromatic rings. The fourth-order valence-corrected chi connectivity index (χ4v) is 3.30. The van der Waals surface area contributed by atoms with Gasteiger partial charge in [-0.25, -0.2) is 0 Å². The third-order valence-corrected chi connectivity index (χ3v) is 4.60. The maximum Gasteiger partial charge on any atom is 0.259 e. The third-order valence-electron chi connectivity index (χ3n) is 4.60. The van der Waals surface area contributed by atoms with Gasteiger partial charge in [-0.1, -0.05) is 5.16 Å². The van der Waals surface area contributed by atoms with E-state index in [0.717, 1.165) is 23.5 Å². The molecular formula is C18H22N2O4. The van der Waals surface area contributed by atoms with E-state index in [0.29, 0.717) is 30.1 Å². The second-order valence-electron chi connectivity index (χ2n) is 6.04. The first-order valence-corrected chi connectivity index (χ1v) is 7.99. The maximum absolute atomic E-state index is 12.8. The molecular weight excluding hydrogens is 308 g/mol. The van der Waals surface area contributed by atoms with Gasteiger partial charge in [-0.3, -0.25) is 4.79 Å². The average molecular weight is 330 g/mol. The number of nitrogens with zero attached hydrogens (tertiary/aromatic N) is 2. The Hall–Kier alpha value is -2.50. The molecule has 3 rings (SSSR count). The zero-order chi connectivity index (χ0) is 17.3. The molecule has 0 aliphatic carbocycles. The molecule has 24 heavy (non-hydrogen) atoms. The van der Waals surface area contributed by atoms with Gasteiger partial charge in [0, 0.05) is 24.6 Å². The molecule has 0 spiro atoms. The Morgan fingerprint density at radius 3 is 2.71 bits per heavy atom. The summed E-state index contributed by atoms with van der Waals surface area (Å²) in [5, 5.41) is 3.88. The van der Waals surface area contributed by atoms with E-state index >= 15 is 0 Å². The minimum Gasteiger partial charge on any atom is -0.497 e. The molecule has 1 amide bonds. The van der Waals surface area contributed by atoms with Crippen molar-refractivity contribution in [1.82, 2.24) is 10.1 Å². The molecule has 0 radical (unpaired) electrons. The van der Waals surface area contributed by atoms with Gasteiger partial charge < -0.3 is 18.9 Å². The molecule has 1 fully saturated rings. The molecule has 0 bridgehead atoms. The number of aryl methyl sites for hydroxylation is 2. The van der Waals surface area contributed by atoms with E-state index < -0.39 is 0 Å². The van der Waals surface area contributed by atoms with E-state index in [1.807, 2.05) is 23.1 Å². The maximum atomic E-state index is 12.8. The largest absolute Gasteiger partial charge is 0.497 e. The summed E-state index contributed by atoms with van der Waals surface area (Å²) in [5.74, 6) is 2.39. The molecule has 6 heteroatoms. The SMILES string of the molecule is COc1ccc(OC)c([C@H]2CCN(C(=O)c3c(C)noc3C)C2)c1. The Balaban J connectivity index is 1.82. The number of rotatable bonds is 4. The summed E-state index contributed by atoms with van der Waals surface area (Å²) in [6.07, 6.45) is 0.888. The fourth-order valence-electron chi connectivity index (χ4n) is 3.30. The number of methoxy groups -OCH3 is 2. The first-order valence-electron chi connectivity index (χ1n) is 7.99. The van der Waals surface area contributed by atoms with Crippen LogP contribution in [0, 0.1) is 13.8 Å². The monoisotopic (exact) mass is 330 g/mol. The quantitative estimate of drug-likeness (QED) is 0.862. The summed E-state index contributed by atoms with van der Waals surface area (Å²) in [7, 11) is 3.31. The highest BCUT2D eigenvalue weighted by atomic mass is 16.5. The highest BCUT2D eigenvalue weighted by Crippen LogP contribution is 2.36. The van der Waals surface area contributed by atoms with Gasteiger partial charge in [0.05, 0.1) is 19.9 Å². The smallest absolute Gasteiger partial charge is 0.259 e. The number of carbonyl (C=O) groups is 1. The van der Waals surface area contributed by atoms with Crippen molar-refractivity contribution in [3.63, 3.8) is 0 Å². The molecule has 0 saturated carbocycles. The number of benzene rings is 1. The molecule has 0 N–H and O–H groups in total. The number of likely N-dealkylation sites (tertiary alicyclic amines) is 1. The van der Waals surface area contributed by atoms with Crippen molar-refractivity contribution in [2.45, 2.75) is 26.2 Å². The van der Waals surface area contributed by atoms with Crippen molar-refractivity contribution in [2.75, 3.05) is 27.3 Å². The number of carbonyl (C=O) groups excluding carboxylic acids is 1. The fraction of sp³-hybridized carbons (Fsp3) is 0.444. The van der Waals surface area contributed by atoms with Crippen molar-refractivity contribution in [1.29, 1.82) is 0 Å². The topological polar surface area (TPSA) is 64.8 Å². The van der Waals surface area contributed by atoms with E-state index in [2.05, 4.69) is 5.16 Å². The van der Waals surface area contributed by atoms with Gasteiger partial charge in [-0.15, -0.1) is 0 Å². The van der Waals surface area contributed by atoms with Crippen LogP contribution in [-0.2, 0) is 0 Å². The molecule has 1 aliphatic rings. The number of aromatic nitrogens is 1. The Kier molecular flexibility index (Phi) is 4.46. The summed E-state index contributed by atoms with van der Waals surface area (Å²) in [6, 6.07) is 5.78.